The van der Waals surface area contributed by atoms with Gasteiger partial charge in [-0.25, -0.2) is 4.98 Å². The average Bonchev–Trinajstić information content (AvgIpc) is 2.46. The Kier molecular flexibility index (Phi) is 4.75. The summed E-state index contributed by atoms with van der Waals surface area (Å²) in [5, 5.41) is 12.7. The molecule has 0 radical (unpaired) electrons. The third-order valence-corrected chi connectivity index (χ3v) is 3.69. The van der Waals surface area contributed by atoms with E-state index in [1.54, 1.807) is 0 Å². The number of hydrogen-bond acceptors (Lipinski definition) is 4. The minimum absolute atomic E-state index is 0.655. The fraction of sp³-hybridized carbons (Fsp3) is 0.600. The molecule has 1 aromatic rings. The van der Waals surface area contributed by atoms with Crippen LogP contribution in [0.1, 0.15) is 31.0 Å². The summed E-state index contributed by atoms with van der Waals surface area (Å²) < 4.78 is 0. The van der Waals surface area contributed by atoms with Gasteiger partial charge in [-0.05, 0) is 57.8 Å². The first-order valence-electron chi connectivity index (χ1n) is 7.08. The highest BCUT2D eigenvalue weighted by Crippen LogP contribution is 2.21. The zero-order valence-electron chi connectivity index (χ0n) is 11.8. The Morgan fingerprint density at radius 2 is 2.37 bits per heavy atom. The monoisotopic (exact) mass is 258 g/mol. The molecule has 0 amide bonds. The van der Waals surface area contributed by atoms with E-state index >= 15 is 0 Å². The second-order valence-corrected chi connectivity index (χ2v) is 5.19. The molecule has 2 heterocycles. The van der Waals surface area contributed by atoms with Gasteiger partial charge in [-0.15, -0.1) is 0 Å². The molecule has 0 spiro atoms. The Morgan fingerprint density at radius 1 is 1.53 bits per heavy atom. The first-order valence-corrected chi connectivity index (χ1v) is 7.08. The second-order valence-electron chi connectivity index (χ2n) is 5.19. The number of nitrogens with one attached hydrogen (secondary N) is 1. The van der Waals surface area contributed by atoms with Crippen molar-refractivity contribution in [2.45, 2.75) is 26.7 Å². The van der Waals surface area contributed by atoms with Crippen molar-refractivity contribution in [3.63, 3.8) is 0 Å². The number of rotatable bonds is 4. The summed E-state index contributed by atoms with van der Waals surface area (Å²) >= 11 is 0. The summed E-state index contributed by atoms with van der Waals surface area (Å²) in [6.07, 6.45) is 2.51. The van der Waals surface area contributed by atoms with Gasteiger partial charge in [0, 0.05) is 18.8 Å². The van der Waals surface area contributed by atoms with Crippen molar-refractivity contribution >= 4 is 5.82 Å². The van der Waals surface area contributed by atoms with Gasteiger partial charge in [0.2, 0.25) is 0 Å². The highest BCUT2D eigenvalue weighted by atomic mass is 15.2. The van der Waals surface area contributed by atoms with E-state index in [2.05, 4.69) is 28.2 Å². The standard InChI is InChI=1S/C15H22N4/c1-3-19(11-13-5-4-8-17-10-13)15-14(9-16)7-6-12(2)18-15/h6-7,13,17H,3-5,8,10-11H2,1-2H3. The highest BCUT2D eigenvalue weighted by molar-refractivity contribution is 5.54. The van der Waals surface area contributed by atoms with Crippen molar-refractivity contribution < 1.29 is 0 Å². The Labute approximate surface area is 115 Å². The van der Waals surface area contributed by atoms with E-state index in [-0.39, 0.29) is 0 Å². The molecule has 1 aliphatic rings. The lowest BCUT2D eigenvalue weighted by Gasteiger charge is -2.30. The molecule has 1 saturated heterocycles. The van der Waals surface area contributed by atoms with Gasteiger partial charge in [0.25, 0.3) is 0 Å². The predicted octanol–water partition coefficient (Wildman–Crippen LogP) is 2.09. The lowest BCUT2D eigenvalue weighted by Crippen LogP contribution is -2.39. The van der Waals surface area contributed by atoms with Crippen molar-refractivity contribution in [2.75, 3.05) is 31.1 Å². The van der Waals surface area contributed by atoms with E-state index in [0.29, 0.717) is 11.5 Å². The normalized spacial score (nSPS) is 18.9. The lowest BCUT2D eigenvalue weighted by molar-refractivity contribution is 0.377. The number of nitriles is 1. The highest BCUT2D eigenvalue weighted by Gasteiger charge is 2.19. The van der Waals surface area contributed by atoms with E-state index in [0.717, 1.165) is 37.7 Å². The van der Waals surface area contributed by atoms with Crippen LogP contribution in [-0.4, -0.2) is 31.2 Å². The van der Waals surface area contributed by atoms with E-state index < -0.39 is 0 Å². The molecule has 0 aromatic carbocycles. The van der Waals surface area contributed by atoms with Crippen LogP contribution in [0.5, 0.6) is 0 Å². The Morgan fingerprint density at radius 3 is 3.00 bits per heavy atom. The molecule has 4 nitrogen and oxygen atoms in total. The number of piperidine rings is 1. The molecule has 1 atom stereocenters. The fourth-order valence-corrected chi connectivity index (χ4v) is 2.63. The van der Waals surface area contributed by atoms with Crippen LogP contribution in [0.2, 0.25) is 0 Å². The number of pyridine rings is 1. The van der Waals surface area contributed by atoms with E-state index in [9.17, 15) is 5.26 Å². The van der Waals surface area contributed by atoms with Crippen LogP contribution in [0.15, 0.2) is 12.1 Å². The molecule has 1 fully saturated rings. The Balaban J connectivity index is 2.16. The van der Waals surface area contributed by atoms with Gasteiger partial charge in [0.05, 0.1) is 5.56 Å². The van der Waals surface area contributed by atoms with Gasteiger partial charge in [0.15, 0.2) is 0 Å². The van der Waals surface area contributed by atoms with E-state index in [1.165, 1.54) is 12.8 Å². The molecular formula is C15H22N4. The first-order chi connectivity index (χ1) is 9.24. The molecule has 1 N–H and O–H groups in total. The number of anilines is 1. The van der Waals surface area contributed by atoms with Gasteiger partial charge < -0.3 is 10.2 Å². The zero-order valence-corrected chi connectivity index (χ0v) is 11.8. The van der Waals surface area contributed by atoms with Gasteiger partial charge in [0.1, 0.15) is 11.9 Å². The zero-order chi connectivity index (χ0) is 13.7. The number of aryl methyl sites for hydroxylation is 1. The maximum absolute atomic E-state index is 9.23. The van der Waals surface area contributed by atoms with Crippen molar-refractivity contribution in [3.8, 4) is 6.07 Å². The molecule has 0 aliphatic carbocycles. The molecule has 2 rings (SSSR count). The SMILES string of the molecule is CCN(CC1CCCNC1)c1nc(C)ccc1C#N. The second kappa shape index (κ2) is 6.53. The van der Waals surface area contributed by atoms with Crippen LogP contribution in [0, 0.1) is 24.2 Å². The molecule has 19 heavy (non-hydrogen) atoms. The molecule has 0 saturated carbocycles. The van der Waals surface area contributed by atoms with Gasteiger partial charge >= 0.3 is 0 Å². The quantitative estimate of drug-likeness (QED) is 0.898. The molecule has 1 unspecified atom stereocenters. The van der Waals surface area contributed by atoms with Gasteiger partial charge in [-0.1, -0.05) is 0 Å². The van der Waals surface area contributed by atoms with Crippen molar-refractivity contribution in [3.05, 3.63) is 23.4 Å². The summed E-state index contributed by atoms with van der Waals surface area (Å²) in [6.45, 7) is 8.18. The molecule has 0 bridgehead atoms. The Hall–Kier alpha value is -1.60. The van der Waals surface area contributed by atoms with Crippen molar-refractivity contribution in [2.24, 2.45) is 5.92 Å². The van der Waals surface area contributed by atoms with Crippen LogP contribution in [0.3, 0.4) is 0 Å². The van der Waals surface area contributed by atoms with E-state index in [4.69, 9.17) is 0 Å². The number of aromatic nitrogens is 1. The topological polar surface area (TPSA) is 52.0 Å². The maximum atomic E-state index is 9.23. The minimum atomic E-state index is 0.655. The third-order valence-electron chi connectivity index (χ3n) is 3.69. The van der Waals surface area contributed by atoms with Crippen molar-refractivity contribution in [1.29, 1.82) is 5.26 Å². The number of hydrogen-bond donors (Lipinski definition) is 1. The van der Waals surface area contributed by atoms with Gasteiger partial charge in [-0.2, -0.15) is 5.26 Å². The summed E-state index contributed by atoms with van der Waals surface area (Å²) in [4.78, 5) is 6.80. The molecule has 102 valence electrons. The van der Waals surface area contributed by atoms with Gasteiger partial charge in [-0.3, -0.25) is 0 Å². The predicted molar refractivity (Wildman–Crippen MR) is 77.2 cm³/mol. The lowest BCUT2D eigenvalue weighted by atomic mass is 9.99. The van der Waals surface area contributed by atoms with E-state index in [1.807, 2.05) is 19.1 Å². The fourth-order valence-electron chi connectivity index (χ4n) is 2.63. The largest absolute Gasteiger partial charge is 0.355 e. The molecular weight excluding hydrogens is 236 g/mol. The summed E-state index contributed by atoms with van der Waals surface area (Å²) in [5.41, 5.74) is 1.64. The molecule has 4 heteroatoms. The first kappa shape index (κ1) is 13.8. The average molecular weight is 258 g/mol. The minimum Gasteiger partial charge on any atom is -0.355 e. The van der Waals surface area contributed by atoms with Crippen LogP contribution in [0.25, 0.3) is 0 Å². The van der Waals surface area contributed by atoms with Crippen LogP contribution in [0.4, 0.5) is 5.82 Å². The summed E-state index contributed by atoms with van der Waals surface area (Å²) in [5.74, 6) is 1.50. The van der Waals surface area contributed by atoms with Crippen molar-refractivity contribution in [1.82, 2.24) is 10.3 Å². The maximum Gasteiger partial charge on any atom is 0.146 e. The summed E-state index contributed by atoms with van der Waals surface area (Å²) in [7, 11) is 0. The molecule has 1 aliphatic heterocycles. The van der Waals surface area contributed by atoms with Crippen LogP contribution in [-0.2, 0) is 0 Å². The number of nitrogens with zero attached hydrogens (tertiary/aromatic N) is 3. The smallest absolute Gasteiger partial charge is 0.146 e. The third kappa shape index (κ3) is 3.45. The molecule has 1 aromatic heterocycles. The van der Waals surface area contributed by atoms with Crippen LogP contribution < -0.4 is 10.2 Å². The summed E-state index contributed by atoms with van der Waals surface area (Å²) in [6, 6.07) is 6.03. The Bertz CT molecular complexity index is 458. The van der Waals surface area contributed by atoms with Crippen LogP contribution >= 0.6 is 0 Å².